The fourth-order valence-corrected chi connectivity index (χ4v) is 4.49. The van der Waals surface area contributed by atoms with Crippen molar-refractivity contribution in [3.63, 3.8) is 0 Å². The van der Waals surface area contributed by atoms with Crippen LogP contribution in [0.3, 0.4) is 0 Å². The summed E-state index contributed by atoms with van der Waals surface area (Å²) in [4.78, 5) is 0. The lowest BCUT2D eigenvalue weighted by molar-refractivity contribution is 0.318. The molecule has 1 fully saturated rings. The minimum atomic E-state index is -0.694. The molecule has 2 rings (SSSR count). The molecule has 4 heteroatoms. The molecule has 0 radical (unpaired) electrons. The maximum absolute atomic E-state index is 12.2. The number of rotatable bonds is 6. The molecule has 3 atom stereocenters. The first kappa shape index (κ1) is 15.4. The van der Waals surface area contributed by atoms with Gasteiger partial charge in [0.25, 0.3) is 0 Å². The molecular weight excluding hydrogens is 270 g/mol. The second-order valence-corrected chi connectivity index (χ2v) is 7.59. The van der Waals surface area contributed by atoms with Gasteiger partial charge in [-0.05, 0) is 37.3 Å². The van der Waals surface area contributed by atoms with E-state index in [0.29, 0.717) is 17.5 Å². The van der Waals surface area contributed by atoms with Crippen LogP contribution in [0.4, 0.5) is 5.69 Å². The van der Waals surface area contributed by atoms with Crippen molar-refractivity contribution >= 4 is 16.5 Å². The fourth-order valence-electron chi connectivity index (χ4n) is 2.78. The molecule has 3 unspecified atom stereocenters. The van der Waals surface area contributed by atoms with E-state index >= 15 is 0 Å². The largest absolute Gasteiger partial charge is 0.493 e. The first-order valence-corrected chi connectivity index (χ1v) is 8.89. The summed E-state index contributed by atoms with van der Waals surface area (Å²) in [5.74, 6) is 2.28. The first-order chi connectivity index (χ1) is 9.65. The van der Waals surface area contributed by atoms with Crippen LogP contribution >= 0.6 is 0 Å². The van der Waals surface area contributed by atoms with Crippen molar-refractivity contribution in [2.45, 2.75) is 44.3 Å². The molecular formula is C16H25NO2S. The zero-order valence-corrected chi connectivity index (χ0v) is 13.0. The monoisotopic (exact) mass is 295 g/mol. The second kappa shape index (κ2) is 7.67. The van der Waals surface area contributed by atoms with Gasteiger partial charge in [0.05, 0.1) is 6.61 Å². The smallest absolute Gasteiger partial charge is 0.121 e. The summed E-state index contributed by atoms with van der Waals surface area (Å²) in [5, 5.41) is 0.408. The van der Waals surface area contributed by atoms with Gasteiger partial charge in [0, 0.05) is 33.6 Å². The Kier molecular flexibility index (Phi) is 5.89. The number of nitrogens with two attached hydrogens (primary N) is 1. The molecule has 0 amide bonds. The average molecular weight is 295 g/mol. The Morgan fingerprint density at radius 2 is 2.25 bits per heavy atom. The Bertz CT molecular complexity index is 450. The van der Waals surface area contributed by atoms with Crippen LogP contribution in [0, 0.1) is 5.92 Å². The van der Waals surface area contributed by atoms with Crippen molar-refractivity contribution in [3.05, 3.63) is 24.3 Å². The number of nitrogen functional groups attached to an aromatic ring is 1. The van der Waals surface area contributed by atoms with Crippen LogP contribution in [0.25, 0.3) is 0 Å². The van der Waals surface area contributed by atoms with Crippen LogP contribution in [0.2, 0.25) is 0 Å². The number of hydrogen-bond donors (Lipinski definition) is 1. The van der Waals surface area contributed by atoms with Crippen LogP contribution < -0.4 is 10.5 Å². The van der Waals surface area contributed by atoms with Crippen molar-refractivity contribution in [3.8, 4) is 5.75 Å². The molecule has 1 aliphatic rings. The van der Waals surface area contributed by atoms with Gasteiger partial charge in [-0.1, -0.05) is 25.8 Å². The Morgan fingerprint density at radius 3 is 3.00 bits per heavy atom. The molecule has 20 heavy (non-hydrogen) atoms. The summed E-state index contributed by atoms with van der Waals surface area (Å²) in [5.41, 5.74) is 6.40. The van der Waals surface area contributed by atoms with Gasteiger partial charge in [-0.2, -0.15) is 0 Å². The predicted octanol–water partition coefficient (Wildman–Crippen LogP) is 3.37. The highest BCUT2D eigenvalue weighted by molar-refractivity contribution is 7.85. The Hall–Kier alpha value is -1.03. The third kappa shape index (κ3) is 4.82. The average Bonchev–Trinajstić information content (AvgIpc) is 2.43. The highest BCUT2D eigenvalue weighted by Gasteiger charge is 2.23. The maximum atomic E-state index is 12.2. The van der Waals surface area contributed by atoms with E-state index in [4.69, 9.17) is 10.5 Å². The molecule has 2 N–H and O–H groups in total. The standard InChI is InChI=1S/C16H25NO2S/c1-13-5-2-8-16(11-13)20(18)10-4-9-19-15-7-3-6-14(17)12-15/h3,6-7,12-13,16H,2,4-5,8-11,17H2,1H3. The molecule has 1 aromatic rings. The van der Waals surface area contributed by atoms with Crippen LogP contribution in [0.1, 0.15) is 39.0 Å². The van der Waals surface area contributed by atoms with Crippen LogP contribution in [-0.4, -0.2) is 21.8 Å². The van der Waals surface area contributed by atoms with Gasteiger partial charge in [-0.25, -0.2) is 0 Å². The maximum Gasteiger partial charge on any atom is 0.121 e. The van der Waals surface area contributed by atoms with Crippen molar-refractivity contribution < 1.29 is 8.95 Å². The first-order valence-electron chi connectivity index (χ1n) is 7.50. The van der Waals surface area contributed by atoms with Crippen molar-refractivity contribution in [1.29, 1.82) is 0 Å². The minimum Gasteiger partial charge on any atom is -0.493 e. The zero-order chi connectivity index (χ0) is 14.4. The van der Waals surface area contributed by atoms with Gasteiger partial charge >= 0.3 is 0 Å². The molecule has 0 bridgehead atoms. The van der Waals surface area contributed by atoms with Crippen LogP contribution in [0.15, 0.2) is 24.3 Å². The molecule has 0 saturated heterocycles. The fraction of sp³-hybridized carbons (Fsp3) is 0.625. The van der Waals surface area contributed by atoms with Gasteiger partial charge in [-0.15, -0.1) is 0 Å². The van der Waals surface area contributed by atoms with Crippen LogP contribution in [0.5, 0.6) is 5.75 Å². The molecule has 3 nitrogen and oxygen atoms in total. The normalized spacial score (nSPS) is 24.2. The Morgan fingerprint density at radius 1 is 1.40 bits per heavy atom. The van der Waals surface area contributed by atoms with Gasteiger partial charge in [-0.3, -0.25) is 4.21 Å². The van der Waals surface area contributed by atoms with Crippen molar-refractivity contribution in [2.24, 2.45) is 5.92 Å². The second-order valence-electron chi connectivity index (χ2n) is 5.75. The predicted molar refractivity (Wildman–Crippen MR) is 85.4 cm³/mol. The molecule has 1 aliphatic carbocycles. The molecule has 0 heterocycles. The lowest BCUT2D eigenvalue weighted by Crippen LogP contribution is -2.25. The van der Waals surface area contributed by atoms with E-state index in [-0.39, 0.29) is 0 Å². The summed E-state index contributed by atoms with van der Waals surface area (Å²) < 4.78 is 17.9. The molecule has 0 spiro atoms. The van der Waals surface area contributed by atoms with E-state index < -0.39 is 10.8 Å². The highest BCUT2D eigenvalue weighted by Crippen LogP contribution is 2.27. The lowest BCUT2D eigenvalue weighted by atomic mass is 9.91. The quantitative estimate of drug-likeness (QED) is 0.646. The molecule has 1 saturated carbocycles. The number of anilines is 1. The van der Waals surface area contributed by atoms with E-state index in [2.05, 4.69) is 6.92 Å². The third-order valence-corrected chi connectivity index (χ3v) is 5.74. The zero-order valence-electron chi connectivity index (χ0n) is 12.2. The molecule has 1 aromatic carbocycles. The van der Waals surface area contributed by atoms with Gasteiger partial charge in [0.15, 0.2) is 0 Å². The number of benzene rings is 1. The van der Waals surface area contributed by atoms with E-state index in [1.165, 1.54) is 12.8 Å². The van der Waals surface area contributed by atoms with E-state index in [9.17, 15) is 4.21 Å². The van der Waals surface area contributed by atoms with Crippen LogP contribution in [-0.2, 0) is 10.8 Å². The summed E-state index contributed by atoms with van der Waals surface area (Å²) in [7, 11) is -0.694. The number of ether oxygens (including phenoxy) is 1. The van der Waals surface area contributed by atoms with E-state index in [1.54, 1.807) is 0 Å². The van der Waals surface area contributed by atoms with Crippen molar-refractivity contribution in [1.82, 2.24) is 0 Å². The molecule has 112 valence electrons. The minimum absolute atomic E-state index is 0.408. The van der Waals surface area contributed by atoms with Gasteiger partial charge < -0.3 is 10.5 Å². The summed E-state index contributed by atoms with van der Waals surface area (Å²) >= 11 is 0. The summed E-state index contributed by atoms with van der Waals surface area (Å²) in [6.07, 6.45) is 5.63. The summed E-state index contributed by atoms with van der Waals surface area (Å²) in [6, 6.07) is 7.44. The third-order valence-electron chi connectivity index (χ3n) is 3.88. The highest BCUT2D eigenvalue weighted by atomic mass is 32.2. The topological polar surface area (TPSA) is 52.3 Å². The van der Waals surface area contributed by atoms with Gasteiger partial charge in [0.2, 0.25) is 0 Å². The van der Waals surface area contributed by atoms with Crippen molar-refractivity contribution in [2.75, 3.05) is 18.1 Å². The SMILES string of the molecule is CC1CCCC(S(=O)CCCOc2cccc(N)c2)C1. The molecule has 0 aliphatic heterocycles. The Balaban J connectivity index is 1.66. The van der Waals surface area contributed by atoms with E-state index in [1.807, 2.05) is 24.3 Å². The molecule has 0 aromatic heterocycles. The Labute approximate surface area is 124 Å². The summed E-state index contributed by atoms with van der Waals surface area (Å²) in [6.45, 7) is 2.88. The van der Waals surface area contributed by atoms with Gasteiger partial charge in [0.1, 0.15) is 5.75 Å². The lowest BCUT2D eigenvalue weighted by Gasteiger charge is -2.26. The van der Waals surface area contributed by atoms with E-state index in [0.717, 1.165) is 36.7 Å². The number of hydrogen-bond acceptors (Lipinski definition) is 3.